The fraction of sp³-hybridized carbons (Fsp3) is 0.250. The Morgan fingerprint density at radius 1 is 1.50 bits per heavy atom. The van der Waals surface area contributed by atoms with Crippen LogP contribution in [0.1, 0.15) is 18.9 Å². The highest BCUT2D eigenvalue weighted by Gasteiger charge is 2.08. The van der Waals surface area contributed by atoms with Crippen LogP contribution < -0.4 is 0 Å². The van der Waals surface area contributed by atoms with E-state index in [1.165, 1.54) is 0 Å². The molecule has 94 valence electrons. The molecule has 0 aliphatic carbocycles. The van der Waals surface area contributed by atoms with Crippen LogP contribution >= 0.6 is 0 Å². The molecule has 0 amide bonds. The molecule has 0 spiro atoms. The number of hydrogen-bond acceptors (Lipinski definition) is 4. The highest BCUT2D eigenvalue weighted by Crippen LogP contribution is 2.15. The van der Waals surface area contributed by atoms with Gasteiger partial charge in [0.05, 0.1) is 17.6 Å². The van der Waals surface area contributed by atoms with Gasteiger partial charge in [0.1, 0.15) is 12.2 Å². The molecule has 6 heteroatoms. The second-order valence-corrected chi connectivity index (χ2v) is 3.24. The van der Waals surface area contributed by atoms with E-state index >= 15 is 0 Å². The molecular weight excluding hydrogens is 241 g/mol. The van der Waals surface area contributed by atoms with E-state index in [0.29, 0.717) is 0 Å². The van der Waals surface area contributed by atoms with Gasteiger partial charge >= 0.3 is 5.97 Å². The Morgan fingerprint density at radius 3 is 2.83 bits per heavy atom. The molecule has 0 aromatic heterocycles. The number of nitro groups is 1. The molecule has 0 aliphatic heterocycles. The number of nitrogens with zero attached hydrogens (tertiary/aromatic N) is 1. The maximum absolute atomic E-state index is 13.0. The summed E-state index contributed by atoms with van der Waals surface area (Å²) in [5.74, 6) is 3.70. The van der Waals surface area contributed by atoms with Crippen molar-refractivity contribution in [1.82, 2.24) is 0 Å². The maximum Gasteiger partial charge on any atom is 0.317 e. The largest absolute Gasteiger partial charge is 0.465 e. The number of benzene rings is 1. The summed E-state index contributed by atoms with van der Waals surface area (Å²) in [7, 11) is 0. The number of esters is 1. The molecule has 0 radical (unpaired) electrons. The molecule has 1 aromatic carbocycles. The Balaban J connectivity index is 2.82. The van der Waals surface area contributed by atoms with Crippen LogP contribution in [0.4, 0.5) is 10.1 Å². The number of halogens is 1. The van der Waals surface area contributed by atoms with Crippen molar-refractivity contribution < 1.29 is 18.8 Å². The van der Waals surface area contributed by atoms with Gasteiger partial charge in [-0.25, -0.2) is 4.39 Å². The lowest BCUT2D eigenvalue weighted by molar-refractivity contribution is -0.385. The van der Waals surface area contributed by atoms with E-state index in [2.05, 4.69) is 16.6 Å². The summed E-state index contributed by atoms with van der Waals surface area (Å²) >= 11 is 0. The molecule has 0 N–H and O–H groups in total. The Labute approximate surface area is 103 Å². The molecule has 0 fully saturated rings. The van der Waals surface area contributed by atoms with Crippen LogP contribution in [0.3, 0.4) is 0 Å². The van der Waals surface area contributed by atoms with Gasteiger partial charge in [-0.3, -0.25) is 14.9 Å². The molecule has 5 nitrogen and oxygen atoms in total. The van der Waals surface area contributed by atoms with Crippen LogP contribution in [-0.2, 0) is 9.53 Å². The van der Waals surface area contributed by atoms with Crippen LogP contribution in [0.2, 0.25) is 0 Å². The van der Waals surface area contributed by atoms with Gasteiger partial charge in [0, 0.05) is 11.6 Å². The molecule has 0 bridgehead atoms. The fourth-order valence-corrected chi connectivity index (χ4v) is 1.18. The van der Waals surface area contributed by atoms with E-state index in [0.717, 1.165) is 18.2 Å². The number of rotatable bonds is 3. The van der Waals surface area contributed by atoms with Gasteiger partial charge in [-0.2, -0.15) is 0 Å². The topological polar surface area (TPSA) is 69.4 Å². The van der Waals surface area contributed by atoms with E-state index in [9.17, 15) is 19.3 Å². The third-order valence-electron chi connectivity index (χ3n) is 1.86. The zero-order valence-corrected chi connectivity index (χ0v) is 9.60. The van der Waals surface area contributed by atoms with Crippen LogP contribution in [-0.4, -0.2) is 17.5 Å². The van der Waals surface area contributed by atoms with Crippen molar-refractivity contribution >= 4 is 11.7 Å². The SMILES string of the molecule is CCOC(=O)CC#Cc1cc(F)cc([N+](=O)[O-])c1. The van der Waals surface area contributed by atoms with Gasteiger partial charge in [-0.1, -0.05) is 11.8 Å². The molecule has 0 saturated heterocycles. The Hall–Kier alpha value is -2.42. The van der Waals surface area contributed by atoms with Crippen molar-refractivity contribution in [2.75, 3.05) is 6.61 Å². The first-order valence-electron chi connectivity index (χ1n) is 5.12. The van der Waals surface area contributed by atoms with Gasteiger partial charge < -0.3 is 4.74 Å². The van der Waals surface area contributed by atoms with Crippen molar-refractivity contribution in [3.05, 3.63) is 39.7 Å². The lowest BCUT2D eigenvalue weighted by Crippen LogP contribution is -2.01. The molecule has 1 rings (SSSR count). The predicted molar refractivity (Wildman–Crippen MR) is 61.2 cm³/mol. The molecule has 18 heavy (non-hydrogen) atoms. The summed E-state index contributed by atoms with van der Waals surface area (Å²) in [6.45, 7) is 1.92. The Bertz CT molecular complexity index is 531. The lowest BCUT2D eigenvalue weighted by atomic mass is 10.2. The molecule has 0 unspecified atom stereocenters. The number of ether oxygens (including phenoxy) is 1. The molecule has 0 saturated carbocycles. The average Bonchev–Trinajstić information content (AvgIpc) is 2.28. The van der Waals surface area contributed by atoms with E-state index in [4.69, 9.17) is 0 Å². The van der Waals surface area contributed by atoms with Crippen LogP contribution in [0.25, 0.3) is 0 Å². The Kier molecular flexibility index (Phi) is 4.81. The molecule has 0 atom stereocenters. The minimum Gasteiger partial charge on any atom is -0.465 e. The standard InChI is InChI=1S/C12H10FNO4/c1-2-18-12(15)5-3-4-9-6-10(13)8-11(7-9)14(16)17/h6-8H,2,5H2,1H3. The van der Waals surface area contributed by atoms with Gasteiger partial charge in [-0.15, -0.1) is 0 Å². The lowest BCUT2D eigenvalue weighted by Gasteiger charge is -1.95. The summed E-state index contributed by atoms with van der Waals surface area (Å²) in [6, 6.07) is 3.00. The highest BCUT2D eigenvalue weighted by atomic mass is 19.1. The van der Waals surface area contributed by atoms with Crippen molar-refractivity contribution in [2.24, 2.45) is 0 Å². The van der Waals surface area contributed by atoms with Crippen LogP contribution in [0.15, 0.2) is 18.2 Å². The second kappa shape index (κ2) is 6.35. The van der Waals surface area contributed by atoms with E-state index < -0.39 is 16.7 Å². The predicted octanol–water partition coefficient (Wildman–Crippen LogP) is 2.04. The number of nitro benzene ring substituents is 1. The van der Waals surface area contributed by atoms with E-state index in [1.54, 1.807) is 6.92 Å². The summed E-state index contributed by atoms with van der Waals surface area (Å²) < 4.78 is 17.7. The zero-order chi connectivity index (χ0) is 13.5. The number of hydrogen-bond donors (Lipinski definition) is 0. The summed E-state index contributed by atoms with van der Waals surface area (Å²) in [6.07, 6.45) is -0.141. The number of non-ortho nitro benzene ring substituents is 1. The fourth-order valence-electron chi connectivity index (χ4n) is 1.18. The third-order valence-corrected chi connectivity index (χ3v) is 1.86. The summed E-state index contributed by atoms with van der Waals surface area (Å²) in [5.41, 5.74) is -0.235. The van der Waals surface area contributed by atoms with Crippen molar-refractivity contribution in [1.29, 1.82) is 0 Å². The normalized spacial score (nSPS) is 9.22. The Morgan fingerprint density at radius 2 is 2.22 bits per heavy atom. The first kappa shape index (κ1) is 13.6. The van der Waals surface area contributed by atoms with E-state index in [1.807, 2.05) is 0 Å². The van der Waals surface area contributed by atoms with Crippen molar-refractivity contribution in [2.45, 2.75) is 13.3 Å². The zero-order valence-electron chi connectivity index (χ0n) is 9.60. The second-order valence-electron chi connectivity index (χ2n) is 3.24. The first-order valence-corrected chi connectivity index (χ1v) is 5.12. The number of carbonyl (C=O) groups is 1. The highest BCUT2D eigenvalue weighted by molar-refractivity contribution is 5.72. The van der Waals surface area contributed by atoms with Crippen molar-refractivity contribution in [3.63, 3.8) is 0 Å². The van der Waals surface area contributed by atoms with Crippen molar-refractivity contribution in [3.8, 4) is 11.8 Å². The minimum atomic E-state index is -0.746. The van der Waals surface area contributed by atoms with Crippen LogP contribution in [0.5, 0.6) is 0 Å². The van der Waals surface area contributed by atoms with Gasteiger partial charge in [-0.05, 0) is 13.0 Å². The maximum atomic E-state index is 13.0. The third kappa shape index (κ3) is 4.22. The first-order chi connectivity index (χ1) is 8.52. The smallest absolute Gasteiger partial charge is 0.317 e. The summed E-state index contributed by atoms with van der Waals surface area (Å²) in [4.78, 5) is 20.7. The molecule has 0 aliphatic rings. The molecule has 1 aromatic rings. The molecular formula is C12H10FNO4. The van der Waals surface area contributed by atoms with E-state index in [-0.39, 0.29) is 24.3 Å². The number of carbonyl (C=O) groups excluding carboxylic acids is 1. The monoisotopic (exact) mass is 251 g/mol. The van der Waals surface area contributed by atoms with Gasteiger partial charge in [0.25, 0.3) is 5.69 Å². The minimum absolute atomic E-state index is 0.141. The van der Waals surface area contributed by atoms with Gasteiger partial charge in [0.2, 0.25) is 0 Å². The molecule has 0 heterocycles. The van der Waals surface area contributed by atoms with Crippen LogP contribution in [0, 0.1) is 27.8 Å². The average molecular weight is 251 g/mol. The quantitative estimate of drug-likeness (QED) is 0.357. The van der Waals surface area contributed by atoms with Gasteiger partial charge in [0.15, 0.2) is 0 Å². The summed E-state index contributed by atoms with van der Waals surface area (Å²) in [5, 5.41) is 10.5.